The van der Waals surface area contributed by atoms with Crippen LogP contribution in [0.3, 0.4) is 0 Å². The van der Waals surface area contributed by atoms with Gasteiger partial charge in [-0.1, -0.05) is 39.0 Å². The lowest BCUT2D eigenvalue weighted by atomic mass is 9.95. The summed E-state index contributed by atoms with van der Waals surface area (Å²) in [6, 6.07) is 7.77. The maximum absolute atomic E-state index is 14.1. The molecule has 1 aromatic heterocycles. The van der Waals surface area contributed by atoms with Gasteiger partial charge in [0.25, 0.3) is 0 Å². The molecule has 0 atom stereocenters. The second-order valence-electron chi connectivity index (χ2n) is 7.54. The van der Waals surface area contributed by atoms with E-state index in [4.69, 9.17) is 9.84 Å². The summed E-state index contributed by atoms with van der Waals surface area (Å²) in [5.74, 6) is -2.82. The van der Waals surface area contributed by atoms with Gasteiger partial charge in [-0.3, -0.25) is 9.78 Å². The van der Waals surface area contributed by atoms with E-state index in [1.165, 1.54) is 12.3 Å². The molecule has 0 aliphatic rings. The minimum atomic E-state index is -1.29. The molecule has 1 heterocycles. The smallest absolute Gasteiger partial charge is 0.331 e. The first-order valence-corrected chi connectivity index (χ1v) is 9.17. The highest BCUT2D eigenvalue weighted by Gasteiger charge is 2.23. The van der Waals surface area contributed by atoms with Gasteiger partial charge in [0.2, 0.25) is 5.91 Å². The van der Waals surface area contributed by atoms with E-state index in [9.17, 15) is 18.8 Å². The number of aromatic nitrogens is 1. The second-order valence-corrected chi connectivity index (χ2v) is 7.54. The van der Waals surface area contributed by atoms with E-state index < -0.39 is 23.2 Å². The first-order chi connectivity index (χ1) is 14.1. The zero-order chi connectivity index (χ0) is 22.3. The summed E-state index contributed by atoms with van der Waals surface area (Å²) in [5.41, 5.74) is 0.916. The van der Waals surface area contributed by atoms with Crippen LogP contribution in [0.5, 0.6) is 0 Å². The number of carboxylic acid groups (broad SMARTS) is 1. The predicted octanol–water partition coefficient (Wildman–Crippen LogP) is 3.48. The Hall–Kier alpha value is -3.55. The average Bonchev–Trinajstić information content (AvgIpc) is 2.66. The standard InChI is InChI=1S/C22H23FN2O5/c1-22(2,3)21(29)25-17-10-11-24-18(12-14-6-4-5-7-16(14)23)15(17)13-30-20(28)9-8-19(26)27/h4-11H,12-13H2,1-3H3,(H,26,27)(H,24,25,29). The number of hydrogen-bond acceptors (Lipinski definition) is 5. The molecule has 0 fully saturated rings. The lowest BCUT2D eigenvalue weighted by Gasteiger charge is -2.20. The Kier molecular flexibility index (Phi) is 7.41. The zero-order valence-electron chi connectivity index (χ0n) is 16.9. The number of nitrogens with zero attached hydrogens (tertiary/aromatic N) is 1. The van der Waals surface area contributed by atoms with Crippen LogP contribution in [-0.2, 0) is 32.1 Å². The molecule has 1 aromatic carbocycles. The molecule has 2 rings (SSSR count). The number of pyridine rings is 1. The van der Waals surface area contributed by atoms with Crippen molar-refractivity contribution in [3.05, 3.63) is 71.3 Å². The SMILES string of the molecule is CC(C)(C)C(=O)Nc1ccnc(Cc2ccccc2F)c1COC(=O)C=CC(=O)O. The number of carbonyl (C=O) groups is 3. The van der Waals surface area contributed by atoms with E-state index >= 15 is 0 Å². The molecule has 0 saturated heterocycles. The zero-order valence-corrected chi connectivity index (χ0v) is 16.9. The van der Waals surface area contributed by atoms with E-state index in [0.717, 1.165) is 6.08 Å². The summed E-state index contributed by atoms with van der Waals surface area (Å²) < 4.78 is 19.2. The van der Waals surface area contributed by atoms with Gasteiger partial charge < -0.3 is 15.2 Å². The van der Waals surface area contributed by atoms with Crippen LogP contribution in [0.1, 0.15) is 37.6 Å². The Balaban J connectivity index is 2.36. The number of aliphatic carboxylic acids is 1. The number of amides is 1. The summed E-state index contributed by atoms with van der Waals surface area (Å²) in [6.07, 6.45) is 3.03. The molecule has 2 aromatic rings. The molecule has 8 heteroatoms. The number of nitrogens with one attached hydrogen (secondary N) is 1. The van der Waals surface area contributed by atoms with Crippen LogP contribution < -0.4 is 5.32 Å². The molecule has 2 N–H and O–H groups in total. The van der Waals surface area contributed by atoms with Gasteiger partial charge in [-0.2, -0.15) is 0 Å². The van der Waals surface area contributed by atoms with Gasteiger partial charge in [-0.05, 0) is 17.7 Å². The summed E-state index contributed by atoms with van der Waals surface area (Å²) in [4.78, 5) is 39.1. The number of halogens is 1. The fraction of sp³-hybridized carbons (Fsp3) is 0.273. The van der Waals surface area contributed by atoms with Gasteiger partial charge in [0.1, 0.15) is 12.4 Å². The minimum Gasteiger partial charge on any atom is -0.478 e. The quantitative estimate of drug-likeness (QED) is 0.531. The highest BCUT2D eigenvalue weighted by atomic mass is 19.1. The van der Waals surface area contributed by atoms with Crippen molar-refractivity contribution < 1.29 is 28.6 Å². The molecule has 0 saturated carbocycles. The largest absolute Gasteiger partial charge is 0.478 e. The fourth-order valence-corrected chi connectivity index (χ4v) is 2.43. The molecule has 0 unspecified atom stereocenters. The molecule has 1 amide bonds. The molecular formula is C22H23FN2O5. The molecule has 0 spiro atoms. The number of ether oxygens (including phenoxy) is 1. The number of hydrogen-bond donors (Lipinski definition) is 2. The molecule has 0 radical (unpaired) electrons. The highest BCUT2D eigenvalue weighted by Crippen LogP contribution is 2.25. The van der Waals surface area contributed by atoms with Crippen molar-refractivity contribution in [3.8, 4) is 0 Å². The van der Waals surface area contributed by atoms with Gasteiger partial charge in [0, 0.05) is 35.7 Å². The Labute approximate surface area is 173 Å². The van der Waals surface area contributed by atoms with E-state index in [1.54, 1.807) is 45.0 Å². The molecule has 0 aliphatic heterocycles. The van der Waals surface area contributed by atoms with Gasteiger partial charge >= 0.3 is 11.9 Å². The topological polar surface area (TPSA) is 106 Å². The second kappa shape index (κ2) is 9.78. The highest BCUT2D eigenvalue weighted by molar-refractivity contribution is 5.95. The number of rotatable bonds is 7. The van der Waals surface area contributed by atoms with Crippen molar-refractivity contribution in [1.82, 2.24) is 4.98 Å². The van der Waals surface area contributed by atoms with Gasteiger partial charge in [-0.15, -0.1) is 0 Å². The van der Waals surface area contributed by atoms with E-state index in [1.807, 2.05) is 0 Å². The molecule has 30 heavy (non-hydrogen) atoms. The number of carbonyl (C=O) groups excluding carboxylic acids is 2. The Bertz CT molecular complexity index is 980. The van der Waals surface area contributed by atoms with Crippen LogP contribution in [0.25, 0.3) is 0 Å². The van der Waals surface area contributed by atoms with Gasteiger partial charge in [0.15, 0.2) is 0 Å². The van der Waals surface area contributed by atoms with Crippen molar-refractivity contribution >= 4 is 23.5 Å². The molecule has 0 aliphatic carbocycles. The van der Waals surface area contributed by atoms with Crippen LogP contribution in [0.2, 0.25) is 0 Å². The number of benzene rings is 1. The van der Waals surface area contributed by atoms with Crippen molar-refractivity contribution in [2.45, 2.75) is 33.8 Å². The van der Waals surface area contributed by atoms with Gasteiger partial charge in [0.05, 0.1) is 11.4 Å². The predicted molar refractivity (Wildman–Crippen MR) is 108 cm³/mol. The van der Waals surface area contributed by atoms with Crippen LogP contribution in [0.15, 0.2) is 48.7 Å². The van der Waals surface area contributed by atoms with Crippen molar-refractivity contribution in [3.63, 3.8) is 0 Å². The normalized spacial score (nSPS) is 11.3. The van der Waals surface area contributed by atoms with Crippen LogP contribution in [0.4, 0.5) is 10.1 Å². The summed E-state index contributed by atoms with van der Waals surface area (Å²) in [5, 5.41) is 11.4. The summed E-state index contributed by atoms with van der Waals surface area (Å²) >= 11 is 0. The van der Waals surface area contributed by atoms with Crippen LogP contribution >= 0.6 is 0 Å². The first-order valence-electron chi connectivity index (χ1n) is 9.17. The van der Waals surface area contributed by atoms with Crippen molar-refractivity contribution in [2.24, 2.45) is 5.41 Å². The Morgan fingerprint density at radius 2 is 1.87 bits per heavy atom. The average molecular weight is 414 g/mol. The van der Waals surface area contributed by atoms with Crippen LogP contribution in [0, 0.1) is 11.2 Å². The third-order valence-electron chi connectivity index (χ3n) is 4.11. The minimum absolute atomic E-state index is 0.115. The third kappa shape index (κ3) is 6.51. The van der Waals surface area contributed by atoms with Crippen LogP contribution in [-0.4, -0.2) is 27.9 Å². The molecular weight excluding hydrogens is 391 g/mol. The van der Waals surface area contributed by atoms with E-state index in [0.29, 0.717) is 28.6 Å². The van der Waals surface area contributed by atoms with E-state index in [2.05, 4.69) is 10.3 Å². The molecule has 7 nitrogen and oxygen atoms in total. The summed E-state index contributed by atoms with van der Waals surface area (Å²) in [6.45, 7) is 4.97. The maximum Gasteiger partial charge on any atom is 0.331 e. The Morgan fingerprint density at radius 1 is 1.17 bits per heavy atom. The summed E-state index contributed by atoms with van der Waals surface area (Å²) in [7, 11) is 0. The third-order valence-corrected chi connectivity index (χ3v) is 4.11. The molecule has 158 valence electrons. The number of carboxylic acids is 1. The van der Waals surface area contributed by atoms with E-state index in [-0.39, 0.29) is 18.9 Å². The lowest BCUT2D eigenvalue weighted by Crippen LogP contribution is -2.28. The lowest BCUT2D eigenvalue weighted by molar-refractivity contribution is -0.139. The molecule has 0 bridgehead atoms. The van der Waals surface area contributed by atoms with Crippen molar-refractivity contribution in [2.75, 3.05) is 5.32 Å². The first kappa shape index (κ1) is 22.7. The monoisotopic (exact) mass is 414 g/mol. The maximum atomic E-state index is 14.1. The number of anilines is 1. The number of esters is 1. The Morgan fingerprint density at radius 3 is 2.50 bits per heavy atom. The van der Waals surface area contributed by atoms with Gasteiger partial charge in [-0.25, -0.2) is 14.0 Å². The van der Waals surface area contributed by atoms with Crippen molar-refractivity contribution in [1.29, 1.82) is 0 Å². The fourth-order valence-electron chi connectivity index (χ4n) is 2.43.